The van der Waals surface area contributed by atoms with Crippen molar-refractivity contribution in [3.05, 3.63) is 269 Å². The topological polar surface area (TPSA) is 24.3 Å². The molecule has 0 amide bonds. The Labute approximate surface area is 354 Å². The lowest BCUT2D eigenvalue weighted by Gasteiger charge is -2.47. The van der Waals surface area contributed by atoms with Crippen molar-refractivity contribution >= 4 is 45.4 Å². The number of anilines is 6. The second-order valence-electron chi connectivity index (χ2n) is 16.3. The van der Waals surface area contributed by atoms with Crippen LogP contribution in [0, 0.1) is 0 Å². The molecule has 61 heavy (non-hydrogen) atoms. The highest BCUT2D eigenvalue weighted by atomic mass is 15.4. The molecule has 0 N–H and O–H groups in total. The van der Waals surface area contributed by atoms with E-state index in [-0.39, 0.29) is 0 Å². The van der Waals surface area contributed by atoms with E-state index >= 15 is 0 Å². The van der Waals surface area contributed by atoms with E-state index < -0.39 is 11.0 Å². The second-order valence-corrected chi connectivity index (χ2v) is 16.3. The Morgan fingerprint density at radius 1 is 0.344 bits per heavy atom. The lowest BCUT2D eigenvalue weighted by atomic mass is 9.62. The fraction of sp³-hybridized carbons (Fsp3) is 0.0351. The molecule has 286 valence electrons. The summed E-state index contributed by atoms with van der Waals surface area (Å²) in [6.07, 6.45) is 0. The number of nitrogens with zero attached hydrogens (tertiary/aromatic N) is 4. The highest BCUT2D eigenvalue weighted by Gasteiger charge is 2.53. The van der Waals surface area contributed by atoms with E-state index in [1.54, 1.807) is 0 Å². The Morgan fingerprint density at radius 3 is 1.44 bits per heavy atom. The maximum absolute atomic E-state index is 5.55. The van der Waals surface area contributed by atoms with Crippen molar-refractivity contribution in [3.63, 3.8) is 0 Å². The summed E-state index contributed by atoms with van der Waals surface area (Å²) >= 11 is 0. The summed E-state index contributed by atoms with van der Waals surface area (Å²) in [6.45, 7) is 0. The molecule has 0 unspecified atom stereocenters. The third-order valence-electron chi connectivity index (χ3n) is 13.4. The average molecular weight is 779 g/mol. The molecule has 1 aliphatic carbocycles. The Bertz CT molecular complexity index is 3200. The SMILES string of the molecule is c1ccc(N2c3cc(N4c5ccccc5C(c5ccccc5)(c5ccccc5)c5ccccc54)ccc3C3(c4ccccc4-c4ccccc43)n3c2nc2ccccc23)cc1. The zero-order valence-corrected chi connectivity index (χ0v) is 33.2. The van der Waals surface area contributed by atoms with Gasteiger partial charge in [-0.2, -0.15) is 0 Å². The third-order valence-corrected chi connectivity index (χ3v) is 13.4. The van der Waals surface area contributed by atoms with Gasteiger partial charge in [-0.1, -0.05) is 182 Å². The molecule has 9 aromatic carbocycles. The van der Waals surface area contributed by atoms with Gasteiger partial charge in [0.2, 0.25) is 5.95 Å². The van der Waals surface area contributed by atoms with E-state index in [1.165, 1.54) is 50.1 Å². The fourth-order valence-corrected chi connectivity index (χ4v) is 11.1. The molecule has 0 saturated heterocycles. The number of hydrogen-bond acceptors (Lipinski definition) is 3. The molecule has 2 aliphatic heterocycles. The first-order valence-electron chi connectivity index (χ1n) is 21.1. The number of imidazole rings is 1. The molecular formula is C57H38N4. The molecule has 4 nitrogen and oxygen atoms in total. The molecule has 13 rings (SSSR count). The molecule has 3 heterocycles. The van der Waals surface area contributed by atoms with Gasteiger partial charge in [-0.3, -0.25) is 9.47 Å². The van der Waals surface area contributed by atoms with Crippen molar-refractivity contribution in [2.75, 3.05) is 9.80 Å². The van der Waals surface area contributed by atoms with Crippen molar-refractivity contribution in [2.45, 2.75) is 11.0 Å². The summed E-state index contributed by atoms with van der Waals surface area (Å²) in [4.78, 5) is 10.4. The lowest BCUT2D eigenvalue weighted by Crippen LogP contribution is -2.42. The van der Waals surface area contributed by atoms with Gasteiger partial charge in [0.1, 0.15) is 5.54 Å². The predicted molar refractivity (Wildman–Crippen MR) is 248 cm³/mol. The van der Waals surface area contributed by atoms with Gasteiger partial charge in [-0.15, -0.1) is 0 Å². The minimum Gasteiger partial charge on any atom is -0.310 e. The van der Waals surface area contributed by atoms with Crippen molar-refractivity contribution < 1.29 is 0 Å². The standard InChI is InChI=1S/C57H38N4/c1-4-20-39(21-5-1)56(40-22-6-2-7-23-40)47-30-14-17-33-51(47)59(52-34-18-15-31-48(52)56)42-36-37-49-54(38-42)60(41-24-8-3-9-25-41)55-58-50-32-16-19-35-53(50)61(55)57(49)45-28-12-10-26-43(45)44-27-11-13-29-46(44)57/h1-38H. The molecule has 10 aromatic rings. The van der Waals surface area contributed by atoms with Crippen molar-refractivity contribution in [2.24, 2.45) is 0 Å². The molecule has 1 spiro atoms. The smallest absolute Gasteiger partial charge is 0.217 e. The number of rotatable bonds is 4. The quantitative estimate of drug-likeness (QED) is 0.178. The van der Waals surface area contributed by atoms with E-state index in [4.69, 9.17) is 4.98 Å². The Hall–Kier alpha value is -7.95. The Balaban J connectivity index is 1.14. The number of benzene rings is 9. The molecule has 0 fully saturated rings. The van der Waals surface area contributed by atoms with Crippen molar-refractivity contribution in [1.82, 2.24) is 9.55 Å². The lowest BCUT2D eigenvalue weighted by molar-refractivity contribution is 0.533. The van der Waals surface area contributed by atoms with E-state index in [1.807, 2.05) is 0 Å². The maximum Gasteiger partial charge on any atom is 0.217 e. The molecule has 4 heteroatoms. The summed E-state index contributed by atoms with van der Waals surface area (Å²) in [5.41, 5.74) is 17.5. The van der Waals surface area contributed by atoms with Crippen molar-refractivity contribution in [3.8, 4) is 11.1 Å². The van der Waals surface area contributed by atoms with E-state index in [0.29, 0.717) is 0 Å². The van der Waals surface area contributed by atoms with E-state index in [2.05, 4.69) is 245 Å². The molecule has 0 atom stereocenters. The number of aromatic nitrogens is 2. The van der Waals surface area contributed by atoms with Gasteiger partial charge in [-0.05, 0) is 93.0 Å². The zero-order valence-electron chi connectivity index (χ0n) is 33.2. The third kappa shape index (κ3) is 4.40. The monoisotopic (exact) mass is 778 g/mol. The van der Waals surface area contributed by atoms with Crippen LogP contribution < -0.4 is 9.80 Å². The van der Waals surface area contributed by atoms with Crippen LogP contribution in [0.25, 0.3) is 22.2 Å². The normalized spacial score (nSPS) is 14.8. The van der Waals surface area contributed by atoms with Gasteiger partial charge in [0, 0.05) is 16.9 Å². The molecular weight excluding hydrogens is 741 g/mol. The fourth-order valence-electron chi connectivity index (χ4n) is 11.1. The summed E-state index contributed by atoms with van der Waals surface area (Å²) in [5.74, 6) is 0.884. The van der Waals surface area contributed by atoms with Gasteiger partial charge >= 0.3 is 0 Å². The first-order valence-corrected chi connectivity index (χ1v) is 21.1. The zero-order chi connectivity index (χ0) is 40.1. The van der Waals surface area contributed by atoms with Gasteiger partial charge in [0.15, 0.2) is 0 Å². The number of para-hydroxylation sites is 5. The van der Waals surface area contributed by atoms with E-state index in [0.717, 1.165) is 45.4 Å². The minimum absolute atomic E-state index is 0.553. The van der Waals surface area contributed by atoms with Crippen LogP contribution in [0.1, 0.15) is 38.9 Å². The Kier molecular flexibility index (Phi) is 7.11. The highest BCUT2D eigenvalue weighted by Crippen LogP contribution is 2.63. The van der Waals surface area contributed by atoms with Crippen LogP contribution in [-0.2, 0) is 11.0 Å². The van der Waals surface area contributed by atoms with Crippen LogP contribution in [-0.4, -0.2) is 9.55 Å². The van der Waals surface area contributed by atoms with Gasteiger partial charge in [0.05, 0.1) is 33.5 Å². The van der Waals surface area contributed by atoms with Crippen LogP contribution in [0.15, 0.2) is 231 Å². The summed E-state index contributed by atoms with van der Waals surface area (Å²) in [5, 5.41) is 0. The summed E-state index contributed by atoms with van der Waals surface area (Å²) in [6, 6.07) is 84.5. The largest absolute Gasteiger partial charge is 0.310 e. The van der Waals surface area contributed by atoms with E-state index in [9.17, 15) is 0 Å². The first kappa shape index (κ1) is 34.0. The van der Waals surface area contributed by atoms with Crippen LogP contribution >= 0.6 is 0 Å². The predicted octanol–water partition coefficient (Wildman–Crippen LogP) is 13.8. The average Bonchev–Trinajstić information content (AvgIpc) is 3.86. The molecule has 0 saturated carbocycles. The highest BCUT2D eigenvalue weighted by molar-refractivity contribution is 5.97. The Morgan fingerprint density at radius 2 is 0.836 bits per heavy atom. The second kappa shape index (κ2) is 12.8. The number of fused-ring (bicyclic) bond motifs is 13. The van der Waals surface area contributed by atoms with Crippen LogP contribution in [0.5, 0.6) is 0 Å². The van der Waals surface area contributed by atoms with Crippen LogP contribution in [0.3, 0.4) is 0 Å². The molecule has 0 bridgehead atoms. The van der Waals surface area contributed by atoms with Gasteiger partial charge in [-0.25, -0.2) is 4.98 Å². The summed E-state index contributed by atoms with van der Waals surface area (Å²) in [7, 11) is 0. The number of hydrogen-bond donors (Lipinski definition) is 0. The molecule has 1 aromatic heterocycles. The first-order chi connectivity index (χ1) is 30.3. The minimum atomic E-state index is -0.689. The van der Waals surface area contributed by atoms with Crippen LogP contribution in [0.4, 0.5) is 34.4 Å². The van der Waals surface area contributed by atoms with Gasteiger partial charge in [0.25, 0.3) is 0 Å². The summed E-state index contributed by atoms with van der Waals surface area (Å²) < 4.78 is 2.52. The van der Waals surface area contributed by atoms with Gasteiger partial charge < -0.3 is 4.90 Å². The van der Waals surface area contributed by atoms with Crippen LogP contribution in [0.2, 0.25) is 0 Å². The maximum atomic E-state index is 5.55. The molecule has 3 aliphatic rings. The molecule has 0 radical (unpaired) electrons. The van der Waals surface area contributed by atoms with Crippen molar-refractivity contribution in [1.29, 1.82) is 0 Å².